The van der Waals surface area contributed by atoms with E-state index in [9.17, 15) is 0 Å². The third-order valence-corrected chi connectivity index (χ3v) is 3.81. The van der Waals surface area contributed by atoms with Gasteiger partial charge in [0.15, 0.2) is 0 Å². The van der Waals surface area contributed by atoms with Gasteiger partial charge in [0.2, 0.25) is 0 Å². The third-order valence-electron chi connectivity index (χ3n) is 3.81. The molecule has 0 saturated carbocycles. The Balaban J connectivity index is 2.78. The van der Waals surface area contributed by atoms with Gasteiger partial charge in [-0.3, -0.25) is 4.98 Å². The predicted octanol–water partition coefficient (Wildman–Crippen LogP) is 2.33. The molecule has 0 radical (unpaired) electrons. The number of nitrogens with zero attached hydrogens (tertiary/aromatic N) is 2. The minimum absolute atomic E-state index is 0.116. The monoisotopic (exact) mass is 249 g/mol. The van der Waals surface area contributed by atoms with Gasteiger partial charge in [-0.1, -0.05) is 13.0 Å². The van der Waals surface area contributed by atoms with Crippen LogP contribution in [0.3, 0.4) is 0 Å². The zero-order chi connectivity index (χ0) is 13.6. The first-order chi connectivity index (χ1) is 8.48. The quantitative estimate of drug-likeness (QED) is 0.804. The highest BCUT2D eigenvalue weighted by Crippen LogP contribution is 2.19. The fourth-order valence-corrected chi connectivity index (χ4v) is 1.96. The highest BCUT2D eigenvalue weighted by molar-refractivity contribution is 5.12. The summed E-state index contributed by atoms with van der Waals surface area (Å²) in [5, 5.41) is 3.67. The van der Waals surface area contributed by atoms with Crippen LogP contribution in [0.5, 0.6) is 0 Å². The minimum Gasteiger partial charge on any atom is -0.312 e. The molecule has 0 aliphatic rings. The predicted molar refractivity (Wildman–Crippen MR) is 77.8 cm³/mol. The van der Waals surface area contributed by atoms with Gasteiger partial charge in [0.25, 0.3) is 0 Å². The first kappa shape index (κ1) is 15.1. The zero-order valence-corrected chi connectivity index (χ0v) is 12.4. The lowest BCUT2D eigenvalue weighted by atomic mass is 9.88. The number of aromatic nitrogens is 1. The Bertz CT molecular complexity index is 333. The van der Waals surface area contributed by atoms with Gasteiger partial charge < -0.3 is 10.2 Å². The van der Waals surface area contributed by atoms with E-state index in [1.165, 1.54) is 5.56 Å². The molecular formula is C15H27N3. The lowest BCUT2D eigenvalue weighted by Crippen LogP contribution is -2.56. The molecule has 0 bridgehead atoms. The Labute approximate surface area is 112 Å². The van der Waals surface area contributed by atoms with Crippen molar-refractivity contribution < 1.29 is 0 Å². The average Bonchev–Trinajstić information content (AvgIpc) is 2.35. The zero-order valence-electron chi connectivity index (χ0n) is 12.4. The number of pyridine rings is 1. The molecule has 1 heterocycles. The maximum absolute atomic E-state index is 4.20. The summed E-state index contributed by atoms with van der Waals surface area (Å²) in [5.41, 5.74) is 1.41. The molecule has 0 spiro atoms. The Kier molecular flexibility index (Phi) is 5.76. The minimum atomic E-state index is 0.116. The SMILES string of the molecule is CCCNC(Cc1cccnc1)C(C)(C)N(C)C. The molecule has 102 valence electrons. The van der Waals surface area contributed by atoms with Crippen molar-refractivity contribution in [3.8, 4) is 0 Å². The molecule has 0 aromatic carbocycles. The molecule has 0 saturated heterocycles. The van der Waals surface area contributed by atoms with Crippen molar-refractivity contribution in [1.29, 1.82) is 0 Å². The van der Waals surface area contributed by atoms with Crippen LogP contribution in [0, 0.1) is 0 Å². The molecule has 0 amide bonds. The molecule has 1 N–H and O–H groups in total. The molecule has 1 aromatic heterocycles. The number of nitrogens with one attached hydrogen (secondary N) is 1. The summed E-state index contributed by atoms with van der Waals surface area (Å²) >= 11 is 0. The van der Waals surface area contributed by atoms with Crippen molar-refractivity contribution in [2.45, 2.75) is 45.2 Å². The fourth-order valence-electron chi connectivity index (χ4n) is 1.96. The molecule has 1 aromatic rings. The largest absolute Gasteiger partial charge is 0.312 e. The highest BCUT2D eigenvalue weighted by atomic mass is 15.2. The topological polar surface area (TPSA) is 28.2 Å². The summed E-state index contributed by atoms with van der Waals surface area (Å²) in [4.78, 5) is 6.49. The van der Waals surface area contributed by atoms with Gasteiger partial charge in [-0.25, -0.2) is 0 Å². The van der Waals surface area contributed by atoms with Crippen molar-refractivity contribution in [3.05, 3.63) is 30.1 Å². The third kappa shape index (κ3) is 4.07. The van der Waals surface area contributed by atoms with Crippen molar-refractivity contribution in [2.75, 3.05) is 20.6 Å². The van der Waals surface area contributed by atoms with Gasteiger partial charge in [0.1, 0.15) is 0 Å². The highest BCUT2D eigenvalue weighted by Gasteiger charge is 2.31. The molecule has 0 aliphatic heterocycles. The maximum Gasteiger partial charge on any atom is 0.0303 e. The number of likely N-dealkylation sites (N-methyl/N-ethyl adjacent to an activating group) is 1. The van der Waals surface area contributed by atoms with E-state index in [1.54, 1.807) is 0 Å². The summed E-state index contributed by atoms with van der Waals surface area (Å²) in [6.07, 6.45) is 5.97. The van der Waals surface area contributed by atoms with Crippen molar-refractivity contribution in [3.63, 3.8) is 0 Å². The number of hydrogen-bond acceptors (Lipinski definition) is 3. The maximum atomic E-state index is 4.20. The summed E-state index contributed by atoms with van der Waals surface area (Å²) < 4.78 is 0. The Morgan fingerprint density at radius 3 is 2.61 bits per heavy atom. The van der Waals surface area contributed by atoms with Gasteiger partial charge in [-0.15, -0.1) is 0 Å². The van der Waals surface area contributed by atoms with E-state index in [2.05, 4.69) is 56.1 Å². The van der Waals surface area contributed by atoms with Gasteiger partial charge >= 0.3 is 0 Å². The van der Waals surface area contributed by atoms with E-state index in [1.807, 2.05) is 18.5 Å². The van der Waals surface area contributed by atoms with E-state index in [0.717, 1.165) is 19.4 Å². The number of rotatable bonds is 7. The molecule has 1 atom stereocenters. The first-order valence-electron chi connectivity index (χ1n) is 6.78. The van der Waals surface area contributed by atoms with Crippen molar-refractivity contribution >= 4 is 0 Å². The summed E-state index contributed by atoms with van der Waals surface area (Å²) in [7, 11) is 4.29. The summed E-state index contributed by atoms with van der Waals surface area (Å²) in [6.45, 7) is 7.84. The van der Waals surface area contributed by atoms with E-state index in [4.69, 9.17) is 0 Å². The lowest BCUT2D eigenvalue weighted by Gasteiger charge is -2.41. The van der Waals surface area contributed by atoms with Crippen LogP contribution in [0.25, 0.3) is 0 Å². The second kappa shape index (κ2) is 6.86. The summed E-state index contributed by atoms with van der Waals surface area (Å²) in [6, 6.07) is 4.59. The molecule has 3 heteroatoms. The van der Waals surface area contributed by atoms with Crippen LogP contribution in [-0.2, 0) is 6.42 Å². The van der Waals surface area contributed by atoms with Gasteiger partial charge in [0, 0.05) is 24.0 Å². The van der Waals surface area contributed by atoms with Crippen LogP contribution in [-0.4, -0.2) is 42.1 Å². The van der Waals surface area contributed by atoms with Gasteiger partial charge in [0.05, 0.1) is 0 Å². The standard InChI is InChI=1S/C15H27N3/c1-6-9-17-14(15(2,3)18(4)5)11-13-8-7-10-16-12-13/h7-8,10,12,14,17H,6,9,11H2,1-5H3. The van der Waals surface area contributed by atoms with Crippen molar-refractivity contribution in [2.24, 2.45) is 0 Å². The van der Waals surface area contributed by atoms with Crippen LogP contribution in [0.15, 0.2) is 24.5 Å². The van der Waals surface area contributed by atoms with Crippen LogP contribution in [0.4, 0.5) is 0 Å². The van der Waals surface area contributed by atoms with E-state index >= 15 is 0 Å². The molecular weight excluding hydrogens is 222 g/mol. The Morgan fingerprint density at radius 1 is 1.39 bits per heavy atom. The molecule has 0 fully saturated rings. The first-order valence-corrected chi connectivity index (χ1v) is 6.78. The molecule has 0 aliphatic carbocycles. The Hall–Kier alpha value is -0.930. The fraction of sp³-hybridized carbons (Fsp3) is 0.667. The van der Waals surface area contributed by atoms with Crippen molar-refractivity contribution in [1.82, 2.24) is 15.2 Å². The van der Waals surface area contributed by atoms with E-state index in [0.29, 0.717) is 6.04 Å². The summed E-state index contributed by atoms with van der Waals surface area (Å²) in [5.74, 6) is 0. The van der Waals surface area contributed by atoms with E-state index in [-0.39, 0.29) is 5.54 Å². The van der Waals surface area contributed by atoms with E-state index < -0.39 is 0 Å². The van der Waals surface area contributed by atoms with Crippen LogP contribution < -0.4 is 5.32 Å². The second-order valence-corrected chi connectivity index (χ2v) is 5.62. The van der Waals surface area contributed by atoms with Crippen LogP contribution in [0.2, 0.25) is 0 Å². The normalized spacial score (nSPS) is 13.9. The second-order valence-electron chi connectivity index (χ2n) is 5.62. The smallest absolute Gasteiger partial charge is 0.0303 e. The van der Waals surface area contributed by atoms with Gasteiger partial charge in [-0.05, 0) is 59.0 Å². The van der Waals surface area contributed by atoms with Gasteiger partial charge in [-0.2, -0.15) is 0 Å². The average molecular weight is 249 g/mol. The molecule has 1 unspecified atom stereocenters. The number of hydrogen-bond donors (Lipinski definition) is 1. The Morgan fingerprint density at radius 2 is 2.11 bits per heavy atom. The molecule has 1 rings (SSSR count). The lowest BCUT2D eigenvalue weighted by molar-refractivity contribution is 0.137. The molecule has 3 nitrogen and oxygen atoms in total. The van der Waals surface area contributed by atoms with Crippen LogP contribution >= 0.6 is 0 Å². The molecule has 18 heavy (non-hydrogen) atoms. The van der Waals surface area contributed by atoms with Crippen LogP contribution in [0.1, 0.15) is 32.8 Å².